The average molecular weight is 208 g/mol. The molecule has 1 unspecified atom stereocenters. The first-order valence-electron chi connectivity index (χ1n) is 6.05. The van der Waals surface area contributed by atoms with E-state index in [9.17, 15) is 0 Å². The van der Waals surface area contributed by atoms with Gasteiger partial charge in [-0.25, -0.2) is 0 Å². The minimum absolute atomic E-state index is 0.598. The zero-order chi connectivity index (χ0) is 11.0. The van der Waals surface area contributed by atoms with Crippen LogP contribution in [0, 0.1) is 0 Å². The third-order valence-electron chi connectivity index (χ3n) is 3.69. The molecule has 3 rings (SSSR count). The lowest BCUT2D eigenvalue weighted by Crippen LogP contribution is -1.96. The Hall–Kier alpha value is -1.56. The summed E-state index contributed by atoms with van der Waals surface area (Å²) >= 11 is 0. The molecule has 0 heteroatoms. The molecule has 16 heavy (non-hydrogen) atoms. The summed E-state index contributed by atoms with van der Waals surface area (Å²) < 4.78 is 0. The zero-order valence-electron chi connectivity index (χ0n) is 9.61. The van der Waals surface area contributed by atoms with E-state index in [2.05, 4.69) is 55.5 Å². The topological polar surface area (TPSA) is 0 Å². The summed E-state index contributed by atoms with van der Waals surface area (Å²) in [4.78, 5) is 0. The molecule has 80 valence electrons. The van der Waals surface area contributed by atoms with Crippen molar-refractivity contribution in [2.45, 2.75) is 25.7 Å². The fourth-order valence-electron chi connectivity index (χ4n) is 2.84. The molecule has 0 heterocycles. The number of allylic oxidation sites excluding steroid dienone is 6. The van der Waals surface area contributed by atoms with Crippen LogP contribution in [0.1, 0.15) is 31.2 Å². The normalized spacial score (nSPS) is 22.6. The number of benzene rings is 1. The van der Waals surface area contributed by atoms with Crippen molar-refractivity contribution in [1.29, 1.82) is 0 Å². The second-order valence-corrected chi connectivity index (χ2v) is 4.52. The number of hydrogen-bond donors (Lipinski definition) is 0. The van der Waals surface area contributed by atoms with E-state index in [4.69, 9.17) is 0 Å². The van der Waals surface area contributed by atoms with Crippen molar-refractivity contribution in [3.63, 3.8) is 0 Å². The summed E-state index contributed by atoms with van der Waals surface area (Å²) in [5, 5.41) is 0. The zero-order valence-corrected chi connectivity index (χ0v) is 9.61. The Labute approximate surface area is 97.0 Å². The molecule has 2 aliphatic rings. The Bertz CT molecular complexity index is 486. The van der Waals surface area contributed by atoms with Gasteiger partial charge in [0.25, 0.3) is 0 Å². The van der Waals surface area contributed by atoms with E-state index in [0.717, 1.165) is 0 Å². The molecule has 0 amide bonds. The van der Waals surface area contributed by atoms with Crippen LogP contribution >= 0.6 is 0 Å². The van der Waals surface area contributed by atoms with Crippen LogP contribution in [-0.4, -0.2) is 0 Å². The molecule has 1 atom stereocenters. The SMILES string of the molecule is CCC1=C2C=CC=C2C(c2ccccc2)C1. The van der Waals surface area contributed by atoms with Gasteiger partial charge in [0, 0.05) is 5.92 Å². The molecule has 0 radical (unpaired) electrons. The Morgan fingerprint density at radius 2 is 2.00 bits per heavy atom. The Kier molecular flexibility index (Phi) is 2.28. The van der Waals surface area contributed by atoms with Crippen LogP contribution in [0.2, 0.25) is 0 Å². The van der Waals surface area contributed by atoms with E-state index in [1.807, 2.05) is 0 Å². The smallest absolute Gasteiger partial charge is 0.0133 e. The third kappa shape index (κ3) is 1.37. The van der Waals surface area contributed by atoms with Crippen LogP contribution in [-0.2, 0) is 0 Å². The largest absolute Gasteiger partial charge is 0.0622 e. The lowest BCUT2D eigenvalue weighted by molar-refractivity contribution is 0.815. The highest BCUT2D eigenvalue weighted by Gasteiger charge is 2.29. The maximum absolute atomic E-state index is 2.29. The molecular formula is C16H16. The first-order chi connectivity index (χ1) is 7.90. The van der Waals surface area contributed by atoms with Crippen LogP contribution in [0.3, 0.4) is 0 Å². The van der Waals surface area contributed by atoms with E-state index < -0.39 is 0 Å². The molecule has 0 nitrogen and oxygen atoms in total. The van der Waals surface area contributed by atoms with Crippen molar-refractivity contribution in [3.8, 4) is 0 Å². The fraction of sp³-hybridized carbons (Fsp3) is 0.250. The van der Waals surface area contributed by atoms with Crippen LogP contribution in [0.25, 0.3) is 0 Å². The fourth-order valence-corrected chi connectivity index (χ4v) is 2.84. The van der Waals surface area contributed by atoms with Gasteiger partial charge < -0.3 is 0 Å². The maximum Gasteiger partial charge on any atom is 0.0133 e. The maximum atomic E-state index is 2.29. The summed E-state index contributed by atoms with van der Waals surface area (Å²) in [6, 6.07) is 10.9. The van der Waals surface area contributed by atoms with E-state index >= 15 is 0 Å². The Morgan fingerprint density at radius 1 is 1.19 bits per heavy atom. The highest BCUT2D eigenvalue weighted by Crippen LogP contribution is 2.46. The predicted octanol–water partition coefficient (Wildman–Crippen LogP) is 4.38. The summed E-state index contributed by atoms with van der Waals surface area (Å²) in [7, 11) is 0. The van der Waals surface area contributed by atoms with Gasteiger partial charge in [0.1, 0.15) is 0 Å². The molecular weight excluding hydrogens is 192 g/mol. The lowest BCUT2D eigenvalue weighted by atomic mass is 9.91. The third-order valence-corrected chi connectivity index (χ3v) is 3.69. The van der Waals surface area contributed by atoms with Crippen LogP contribution in [0.5, 0.6) is 0 Å². The van der Waals surface area contributed by atoms with Gasteiger partial charge in [-0.3, -0.25) is 0 Å². The monoisotopic (exact) mass is 208 g/mol. The summed E-state index contributed by atoms with van der Waals surface area (Å²) in [5.41, 5.74) is 6.12. The second kappa shape index (κ2) is 3.79. The van der Waals surface area contributed by atoms with Crippen molar-refractivity contribution < 1.29 is 0 Å². The molecule has 0 N–H and O–H groups in total. The van der Waals surface area contributed by atoms with Crippen molar-refractivity contribution in [2.75, 3.05) is 0 Å². The van der Waals surface area contributed by atoms with Gasteiger partial charge >= 0.3 is 0 Å². The minimum Gasteiger partial charge on any atom is -0.0622 e. The molecule has 2 aliphatic carbocycles. The standard InChI is InChI=1S/C16H16/c1-2-12-11-16(13-7-4-3-5-8-13)15-10-6-9-14(12)15/h3-10,16H,2,11H2,1H3. The Morgan fingerprint density at radius 3 is 2.75 bits per heavy atom. The molecule has 0 aromatic heterocycles. The van der Waals surface area contributed by atoms with Gasteiger partial charge in [0.15, 0.2) is 0 Å². The quantitative estimate of drug-likeness (QED) is 0.676. The minimum atomic E-state index is 0.598. The van der Waals surface area contributed by atoms with Crippen LogP contribution in [0.4, 0.5) is 0 Å². The molecule has 0 spiro atoms. The van der Waals surface area contributed by atoms with E-state index in [1.54, 1.807) is 5.57 Å². The number of fused-ring (bicyclic) bond motifs is 1. The van der Waals surface area contributed by atoms with Gasteiger partial charge in [-0.15, -0.1) is 0 Å². The van der Waals surface area contributed by atoms with E-state index in [1.165, 1.54) is 29.6 Å². The predicted molar refractivity (Wildman–Crippen MR) is 68.3 cm³/mol. The number of rotatable bonds is 2. The van der Waals surface area contributed by atoms with Crippen molar-refractivity contribution >= 4 is 0 Å². The second-order valence-electron chi connectivity index (χ2n) is 4.52. The molecule has 1 aromatic rings. The summed E-state index contributed by atoms with van der Waals surface area (Å²) in [6.45, 7) is 2.26. The summed E-state index contributed by atoms with van der Waals surface area (Å²) in [6.07, 6.45) is 9.15. The van der Waals surface area contributed by atoms with Crippen molar-refractivity contribution in [3.05, 3.63) is 70.8 Å². The van der Waals surface area contributed by atoms with Crippen LogP contribution < -0.4 is 0 Å². The number of hydrogen-bond acceptors (Lipinski definition) is 0. The molecule has 0 fully saturated rings. The van der Waals surface area contributed by atoms with Gasteiger partial charge in [0.05, 0.1) is 0 Å². The summed E-state index contributed by atoms with van der Waals surface area (Å²) in [5.74, 6) is 0.598. The highest BCUT2D eigenvalue weighted by molar-refractivity contribution is 5.60. The van der Waals surface area contributed by atoms with Crippen molar-refractivity contribution in [1.82, 2.24) is 0 Å². The highest BCUT2D eigenvalue weighted by atomic mass is 14.3. The molecule has 1 aromatic carbocycles. The lowest BCUT2D eigenvalue weighted by Gasteiger charge is -2.12. The average Bonchev–Trinajstić information content (AvgIpc) is 2.91. The molecule has 0 bridgehead atoms. The van der Waals surface area contributed by atoms with Crippen LogP contribution in [0.15, 0.2) is 65.3 Å². The van der Waals surface area contributed by atoms with Gasteiger partial charge in [-0.05, 0) is 29.6 Å². The molecule has 0 aliphatic heterocycles. The first kappa shape index (κ1) is 9.65. The van der Waals surface area contributed by atoms with Crippen molar-refractivity contribution in [2.24, 2.45) is 0 Å². The van der Waals surface area contributed by atoms with Gasteiger partial charge in [-0.1, -0.05) is 61.1 Å². The van der Waals surface area contributed by atoms with E-state index in [0.29, 0.717) is 5.92 Å². The van der Waals surface area contributed by atoms with Gasteiger partial charge in [-0.2, -0.15) is 0 Å². The first-order valence-corrected chi connectivity index (χ1v) is 6.05. The molecule has 0 saturated carbocycles. The molecule has 0 saturated heterocycles. The van der Waals surface area contributed by atoms with E-state index in [-0.39, 0.29) is 0 Å². The van der Waals surface area contributed by atoms with Gasteiger partial charge in [0.2, 0.25) is 0 Å². The Balaban J connectivity index is 1.99.